The number of esters is 2. The molecular weight excluding hydrogens is 695 g/mol. The average molecular weight is 775 g/mol. The number of carbonyl (C=O) groups is 2. The summed E-state index contributed by atoms with van der Waals surface area (Å²) in [6.07, 6.45) is 37.3. The molecule has 10 nitrogen and oxygen atoms in total. The summed E-state index contributed by atoms with van der Waals surface area (Å²) in [5, 5.41) is 18.3. The molecule has 0 saturated carbocycles. The van der Waals surface area contributed by atoms with Gasteiger partial charge < -0.3 is 24.6 Å². The number of phosphoric ester groups is 1. The molecule has 0 aromatic rings. The molecule has 0 saturated heterocycles. The maximum Gasteiger partial charge on any atom is 0.472 e. The molecule has 3 atom stereocenters. The highest BCUT2D eigenvalue weighted by molar-refractivity contribution is 7.47. The topological polar surface area (TPSA) is 149 Å². The standard InChI is InChI=1S/C42H79O10P/c1-3-5-7-9-11-13-15-17-19-21-23-25-27-29-31-33-41(45)49-37-40(38-51-53(47,48)50-36-39(44)35-43)52-42(46)34-32-30-28-26-24-22-20-18-16-14-12-10-8-6-4-2/h18,20,27,29,39-40,43-44H,3-17,19,21-26,28,30-38H2,1-2H3,(H,47,48)/b20-18+,29-27+/t39-,40+/m0/s1. The molecule has 0 amide bonds. The van der Waals surface area contributed by atoms with Gasteiger partial charge in [-0.25, -0.2) is 4.57 Å². The quantitative estimate of drug-likeness (QED) is 0.0238. The number of aliphatic hydroxyl groups is 2. The lowest BCUT2D eigenvalue weighted by molar-refractivity contribution is -0.161. The van der Waals surface area contributed by atoms with Crippen molar-refractivity contribution in [2.45, 2.75) is 206 Å². The molecule has 0 spiro atoms. The Morgan fingerprint density at radius 3 is 1.43 bits per heavy atom. The molecule has 0 radical (unpaired) electrons. The van der Waals surface area contributed by atoms with Crippen LogP contribution in [0.4, 0.5) is 0 Å². The third-order valence-electron chi connectivity index (χ3n) is 9.09. The first-order valence-electron chi connectivity index (χ1n) is 21.3. The van der Waals surface area contributed by atoms with Crippen LogP contribution in [0.5, 0.6) is 0 Å². The third-order valence-corrected chi connectivity index (χ3v) is 10.0. The monoisotopic (exact) mass is 775 g/mol. The van der Waals surface area contributed by atoms with E-state index in [-0.39, 0.29) is 19.4 Å². The van der Waals surface area contributed by atoms with E-state index in [2.05, 4.69) is 36.6 Å². The van der Waals surface area contributed by atoms with Crippen molar-refractivity contribution in [1.29, 1.82) is 0 Å². The molecule has 0 aliphatic rings. The van der Waals surface area contributed by atoms with Crippen molar-refractivity contribution >= 4 is 19.8 Å². The van der Waals surface area contributed by atoms with Gasteiger partial charge >= 0.3 is 19.8 Å². The minimum absolute atomic E-state index is 0.159. The summed E-state index contributed by atoms with van der Waals surface area (Å²) in [6.45, 7) is 2.33. The highest BCUT2D eigenvalue weighted by Crippen LogP contribution is 2.43. The van der Waals surface area contributed by atoms with Crippen LogP contribution in [0, 0.1) is 0 Å². The highest BCUT2D eigenvalue weighted by Gasteiger charge is 2.27. The fourth-order valence-corrected chi connectivity index (χ4v) is 6.56. The van der Waals surface area contributed by atoms with Crippen molar-refractivity contribution in [2.24, 2.45) is 0 Å². The molecule has 312 valence electrons. The Morgan fingerprint density at radius 1 is 0.547 bits per heavy atom. The molecule has 0 fully saturated rings. The van der Waals surface area contributed by atoms with Crippen LogP contribution >= 0.6 is 7.82 Å². The number of carbonyl (C=O) groups excluding carboxylic acids is 2. The molecule has 0 aromatic heterocycles. The fraction of sp³-hybridized carbons (Fsp3) is 0.857. The Kier molecular flexibility index (Phi) is 37.6. The molecule has 0 bridgehead atoms. The van der Waals surface area contributed by atoms with Crippen LogP contribution < -0.4 is 0 Å². The second-order valence-corrected chi connectivity index (χ2v) is 15.8. The number of phosphoric acid groups is 1. The van der Waals surface area contributed by atoms with Crippen molar-refractivity contribution in [1.82, 2.24) is 0 Å². The van der Waals surface area contributed by atoms with Crippen LogP contribution in [0.1, 0.15) is 194 Å². The number of allylic oxidation sites excluding steroid dienone is 4. The Labute approximate surface area is 323 Å². The number of hydrogen-bond acceptors (Lipinski definition) is 9. The SMILES string of the molecule is CCCCCCCC/C=C/CCCCCCCC(=O)O[C@H](COC(=O)CC/C=C/CCCCCCCCCCCCC)COP(=O)(O)OC[C@@H](O)CO. The number of unbranched alkanes of at least 4 members (excludes halogenated alkanes) is 22. The largest absolute Gasteiger partial charge is 0.472 e. The number of aliphatic hydroxyl groups excluding tert-OH is 2. The van der Waals surface area contributed by atoms with E-state index < -0.39 is 51.8 Å². The van der Waals surface area contributed by atoms with Gasteiger partial charge in [0.25, 0.3) is 0 Å². The Bertz CT molecular complexity index is 941. The van der Waals surface area contributed by atoms with Gasteiger partial charge in [0.1, 0.15) is 12.7 Å². The summed E-state index contributed by atoms with van der Waals surface area (Å²) in [5.74, 6) is -0.987. The molecule has 1 unspecified atom stereocenters. The number of rotatable bonds is 40. The Balaban J connectivity index is 4.35. The van der Waals surface area contributed by atoms with Crippen LogP contribution in [0.25, 0.3) is 0 Å². The number of hydrogen-bond donors (Lipinski definition) is 3. The predicted octanol–water partition coefficient (Wildman–Crippen LogP) is 11.0. The van der Waals surface area contributed by atoms with Gasteiger partial charge in [0.2, 0.25) is 0 Å². The van der Waals surface area contributed by atoms with E-state index in [1.165, 1.54) is 103 Å². The second-order valence-electron chi connectivity index (χ2n) is 14.4. The maximum atomic E-state index is 12.6. The minimum Gasteiger partial charge on any atom is -0.462 e. The van der Waals surface area contributed by atoms with Gasteiger partial charge in [-0.1, -0.05) is 154 Å². The number of ether oxygens (including phenoxy) is 2. The van der Waals surface area contributed by atoms with Crippen molar-refractivity contribution < 1.29 is 47.8 Å². The minimum atomic E-state index is -4.62. The smallest absolute Gasteiger partial charge is 0.462 e. The van der Waals surface area contributed by atoms with E-state index in [0.717, 1.165) is 51.4 Å². The maximum absolute atomic E-state index is 12.6. The molecule has 0 aliphatic carbocycles. The lowest BCUT2D eigenvalue weighted by atomic mass is 10.1. The lowest BCUT2D eigenvalue weighted by Gasteiger charge is -2.20. The van der Waals surface area contributed by atoms with E-state index in [1.54, 1.807) is 0 Å². The Morgan fingerprint density at radius 2 is 0.962 bits per heavy atom. The molecule has 0 heterocycles. The zero-order valence-electron chi connectivity index (χ0n) is 33.7. The summed E-state index contributed by atoms with van der Waals surface area (Å²) in [5.41, 5.74) is 0. The zero-order chi connectivity index (χ0) is 39.1. The molecule has 11 heteroatoms. The fourth-order valence-electron chi connectivity index (χ4n) is 5.77. The van der Waals surface area contributed by atoms with Gasteiger partial charge in [-0.3, -0.25) is 18.6 Å². The van der Waals surface area contributed by atoms with E-state index in [0.29, 0.717) is 12.8 Å². The van der Waals surface area contributed by atoms with Gasteiger partial charge in [-0.05, 0) is 51.4 Å². The van der Waals surface area contributed by atoms with Gasteiger partial charge in [-0.15, -0.1) is 0 Å². The first-order chi connectivity index (χ1) is 25.7. The second kappa shape index (κ2) is 38.7. The van der Waals surface area contributed by atoms with Crippen LogP contribution in [-0.4, -0.2) is 65.7 Å². The van der Waals surface area contributed by atoms with Crippen LogP contribution in [0.2, 0.25) is 0 Å². The molecule has 0 aromatic carbocycles. The first kappa shape index (κ1) is 51.5. The molecule has 3 N–H and O–H groups in total. The summed E-state index contributed by atoms with van der Waals surface area (Å²) >= 11 is 0. The molecule has 0 aliphatic heterocycles. The average Bonchev–Trinajstić information content (AvgIpc) is 3.14. The molecule has 53 heavy (non-hydrogen) atoms. The molecule has 0 rings (SSSR count). The highest BCUT2D eigenvalue weighted by atomic mass is 31.2. The van der Waals surface area contributed by atoms with E-state index in [4.69, 9.17) is 19.1 Å². The predicted molar refractivity (Wildman–Crippen MR) is 215 cm³/mol. The lowest BCUT2D eigenvalue weighted by Crippen LogP contribution is -2.29. The summed E-state index contributed by atoms with van der Waals surface area (Å²) < 4.78 is 32.6. The summed E-state index contributed by atoms with van der Waals surface area (Å²) in [4.78, 5) is 34.9. The van der Waals surface area contributed by atoms with Gasteiger partial charge in [-0.2, -0.15) is 0 Å². The van der Waals surface area contributed by atoms with Gasteiger partial charge in [0.05, 0.1) is 19.8 Å². The third kappa shape index (κ3) is 38.5. The summed E-state index contributed by atoms with van der Waals surface area (Å²) in [6, 6.07) is 0. The Hall–Kier alpha value is -1.55. The molecular formula is C42H79O10P. The first-order valence-corrected chi connectivity index (χ1v) is 22.8. The van der Waals surface area contributed by atoms with Crippen molar-refractivity contribution in [2.75, 3.05) is 26.4 Å². The van der Waals surface area contributed by atoms with Gasteiger partial charge in [0.15, 0.2) is 6.10 Å². The van der Waals surface area contributed by atoms with Crippen LogP contribution in [0.15, 0.2) is 24.3 Å². The summed E-state index contributed by atoms with van der Waals surface area (Å²) in [7, 11) is -4.62. The van der Waals surface area contributed by atoms with E-state index in [9.17, 15) is 24.2 Å². The van der Waals surface area contributed by atoms with Crippen molar-refractivity contribution in [3.63, 3.8) is 0 Å². The van der Waals surface area contributed by atoms with E-state index >= 15 is 0 Å². The normalized spacial score (nSPS) is 14.1. The van der Waals surface area contributed by atoms with Crippen LogP contribution in [0.3, 0.4) is 0 Å². The van der Waals surface area contributed by atoms with Crippen LogP contribution in [-0.2, 0) is 32.7 Å². The van der Waals surface area contributed by atoms with Crippen molar-refractivity contribution in [3.8, 4) is 0 Å². The van der Waals surface area contributed by atoms with E-state index in [1.807, 2.05) is 6.08 Å². The zero-order valence-corrected chi connectivity index (χ0v) is 34.6. The van der Waals surface area contributed by atoms with Crippen molar-refractivity contribution in [3.05, 3.63) is 24.3 Å². The van der Waals surface area contributed by atoms with Gasteiger partial charge in [0, 0.05) is 12.8 Å².